The van der Waals surface area contributed by atoms with Crippen LogP contribution in [0.4, 0.5) is 11.5 Å². The zero-order valence-corrected chi connectivity index (χ0v) is 18.0. The van der Waals surface area contributed by atoms with Gasteiger partial charge in [-0.05, 0) is 19.1 Å². The second kappa shape index (κ2) is 7.75. The van der Waals surface area contributed by atoms with Crippen LogP contribution in [0.1, 0.15) is 6.92 Å². The minimum atomic E-state index is -2.70. The van der Waals surface area contributed by atoms with Gasteiger partial charge in [0.05, 0.1) is 57.3 Å². The molecule has 0 aromatic carbocycles. The fourth-order valence-electron chi connectivity index (χ4n) is 3.64. The Kier molecular flexibility index (Phi) is 4.91. The third-order valence-electron chi connectivity index (χ3n) is 5.24. The number of nitrogens with one attached hydrogen (secondary N) is 1. The number of fused-ring (bicyclic) bond motifs is 1. The van der Waals surface area contributed by atoms with Gasteiger partial charge in [0.15, 0.2) is 11.5 Å². The standard InChI is InChI=1S/C20H22N8O2S/c1-14-13-30-10-9-27(14)19-11-17(26-31(2,29)15-3-6-21-7-4-15)16-12-23-28(20(16)24-19)18-5-8-22-25-18/h3-8,11-12,14H,9-10,13H2,1-2H3,(H,22,25)/t14-,31?/m1/s1. The summed E-state index contributed by atoms with van der Waals surface area (Å²) in [6.45, 7) is 4.04. The van der Waals surface area contributed by atoms with Crippen molar-refractivity contribution in [1.82, 2.24) is 29.9 Å². The van der Waals surface area contributed by atoms with E-state index in [1.807, 2.05) is 12.1 Å². The summed E-state index contributed by atoms with van der Waals surface area (Å²) in [5.41, 5.74) is 1.19. The monoisotopic (exact) mass is 438 g/mol. The van der Waals surface area contributed by atoms with Crippen LogP contribution in [0, 0.1) is 0 Å². The number of hydrogen-bond donors (Lipinski definition) is 1. The van der Waals surface area contributed by atoms with Gasteiger partial charge in [-0.1, -0.05) is 0 Å². The third-order valence-corrected chi connectivity index (χ3v) is 6.93. The maximum Gasteiger partial charge on any atom is 0.169 e. The summed E-state index contributed by atoms with van der Waals surface area (Å²) in [6, 6.07) is 7.30. The molecule has 0 radical (unpaired) electrons. The third kappa shape index (κ3) is 3.66. The van der Waals surface area contributed by atoms with Crippen molar-refractivity contribution < 1.29 is 8.95 Å². The number of hydrogen-bond acceptors (Lipinski definition) is 8. The zero-order chi connectivity index (χ0) is 21.4. The number of morpholine rings is 1. The summed E-state index contributed by atoms with van der Waals surface area (Å²) in [5, 5.41) is 12.1. The number of rotatable bonds is 4. The van der Waals surface area contributed by atoms with Gasteiger partial charge < -0.3 is 9.64 Å². The van der Waals surface area contributed by atoms with Gasteiger partial charge in [0.2, 0.25) is 0 Å². The highest BCUT2D eigenvalue weighted by Gasteiger charge is 2.23. The largest absolute Gasteiger partial charge is 0.377 e. The van der Waals surface area contributed by atoms with Gasteiger partial charge in [0.25, 0.3) is 0 Å². The molecule has 160 valence electrons. The molecule has 2 atom stereocenters. The lowest BCUT2D eigenvalue weighted by Gasteiger charge is -2.34. The molecule has 10 nitrogen and oxygen atoms in total. The number of anilines is 1. The second-order valence-electron chi connectivity index (χ2n) is 7.43. The molecule has 1 saturated heterocycles. The summed E-state index contributed by atoms with van der Waals surface area (Å²) in [7, 11) is -2.70. The van der Waals surface area contributed by atoms with Crippen LogP contribution in [0.25, 0.3) is 16.9 Å². The van der Waals surface area contributed by atoms with Crippen molar-refractivity contribution in [2.75, 3.05) is 30.9 Å². The fraction of sp³-hybridized carbons (Fsp3) is 0.300. The molecular formula is C20H22N8O2S. The van der Waals surface area contributed by atoms with Crippen LogP contribution >= 0.6 is 0 Å². The Bertz CT molecular complexity index is 1330. The minimum absolute atomic E-state index is 0.154. The molecule has 31 heavy (non-hydrogen) atoms. The average molecular weight is 439 g/mol. The van der Waals surface area contributed by atoms with Gasteiger partial charge in [0, 0.05) is 37.3 Å². The van der Waals surface area contributed by atoms with Crippen molar-refractivity contribution in [3.63, 3.8) is 0 Å². The van der Waals surface area contributed by atoms with Gasteiger partial charge in [-0.15, -0.1) is 0 Å². The molecule has 1 fully saturated rings. The van der Waals surface area contributed by atoms with Gasteiger partial charge in [-0.2, -0.15) is 19.2 Å². The van der Waals surface area contributed by atoms with Crippen molar-refractivity contribution in [1.29, 1.82) is 0 Å². The predicted octanol–water partition coefficient (Wildman–Crippen LogP) is 2.55. The number of aromatic nitrogens is 6. The quantitative estimate of drug-likeness (QED) is 0.521. The number of H-pyrrole nitrogens is 1. The van der Waals surface area contributed by atoms with Gasteiger partial charge >= 0.3 is 0 Å². The van der Waals surface area contributed by atoms with E-state index in [-0.39, 0.29) is 6.04 Å². The molecule has 4 aromatic heterocycles. The molecule has 0 amide bonds. The fourth-order valence-corrected chi connectivity index (χ4v) is 4.89. The topological polar surface area (TPSA) is 114 Å². The van der Waals surface area contributed by atoms with E-state index < -0.39 is 9.73 Å². The summed E-state index contributed by atoms with van der Waals surface area (Å²) in [6.07, 6.45) is 8.21. The molecule has 0 spiro atoms. The molecule has 11 heteroatoms. The maximum absolute atomic E-state index is 13.5. The Morgan fingerprint density at radius 3 is 2.84 bits per heavy atom. The van der Waals surface area contributed by atoms with Crippen molar-refractivity contribution in [2.24, 2.45) is 4.36 Å². The molecule has 1 aliphatic heterocycles. The molecule has 5 rings (SSSR count). The van der Waals surface area contributed by atoms with Gasteiger partial charge in [-0.25, -0.2) is 9.19 Å². The zero-order valence-electron chi connectivity index (χ0n) is 17.2. The molecule has 0 bridgehead atoms. The number of aromatic amines is 1. The van der Waals surface area contributed by atoms with E-state index in [1.165, 1.54) is 0 Å². The van der Waals surface area contributed by atoms with Crippen LogP contribution in [0.15, 0.2) is 58.3 Å². The Balaban J connectivity index is 1.73. The number of nitrogens with zero attached hydrogens (tertiary/aromatic N) is 7. The predicted molar refractivity (Wildman–Crippen MR) is 117 cm³/mol. The SMILES string of the molecule is C[C@@H]1COCCN1c1cc(N=S(C)(=O)c2ccncc2)c2cnn(-c3ccn[nH]3)c2n1. The Morgan fingerprint density at radius 2 is 2.10 bits per heavy atom. The molecular weight excluding hydrogens is 416 g/mol. The lowest BCUT2D eigenvalue weighted by Crippen LogP contribution is -2.44. The van der Waals surface area contributed by atoms with E-state index in [9.17, 15) is 4.21 Å². The molecule has 1 aliphatic rings. The first-order valence-electron chi connectivity index (χ1n) is 9.88. The van der Waals surface area contributed by atoms with E-state index in [4.69, 9.17) is 9.72 Å². The highest BCUT2D eigenvalue weighted by atomic mass is 32.2. The van der Waals surface area contributed by atoms with E-state index >= 15 is 0 Å². The first kappa shape index (κ1) is 19.6. The lowest BCUT2D eigenvalue weighted by molar-refractivity contribution is 0.0985. The Labute approximate surface area is 179 Å². The Morgan fingerprint density at radius 1 is 1.26 bits per heavy atom. The molecule has 1 unspecified atom stereocenters. The van der Waals surface area contributed by atoms with Crippen LogP contribution in [0.2, 0.25) is 0 Å². The molecule has 5 heterocycles. The smallest absolute Gasteiger partial charge is 0.169 e. The van der Waals surface area contributed by atoms with Crippen molar-refractivity contribution in [3.05, 3.63) is 49.1 Å². The van der Waals surface area contributed by atoms with Crippen LogP contribution in [-0.2, 0) is 14.5 Å². The van der Waals surface area contributed by atoms with Gasteiger partial charge in [-0.3, -0.25) is 10.1 Å². The maximum atomic E-state index is 13.5. The van der Waals surface area contributed by atoms with Crippen molar-refractivity contribution >= 4 is 32.3 Å². The van der Waals surface area contributed by atoms with Crippen molar-refractivity contribution in [3.8, 4) is 5.82 Å². The lowest BCUT2D eigenvalue weighted by atomic mass is 10.2. The summed E-state index contributed by atoms with van der Waals surface area (Å²) < 4.78 is 25.4. The van der Waals surface area contributed by atoms with Crippen LogP contribution < -0.4 is 4.90 Å². The number of pyridine rings is 2. The van der Waals surface area contributed by atoms with Crippen molar-refractivity contribution in [2.45, 2.75) is 17.9 Å². The van der Waals surface area contributed by atoms with E-state index in [0.717, 1.165) is 5.82 Å². The first-order valence-corrected chi connectivity index (χ1v) is 11.8. The molecule has 0 saturated carbocycles. The molecule has 1 N–H and O–H groups in total. The summed E-state index contributed by atoms with van der Waals surface area (Å²) >= 11 is 0. The summed E-state index contributed by atoms with van der Waals surface area (Å²) in [5.74, 6) is 1.43. The molecule has 4 aromatic rings. The van der Waals surface area contributed by atoms with Gasteiger partial charge in [0.1, 0.15) is 5.82 Å². The Hall–Kier alpha value is -3.31. The van der Waals surface area contributed by atoms with Crippen LogP contribution in [0.5, 0.6) is 0 Å². The second-order valence-corrected chi connectivity index (χ2v) is 9.69. The number of ether oxygens (including phenoxy) is 1. The van der Waals surface area contributed by atoms with Crippen LogP contribution in [-0.4, -0.2) is 66.2 Å². The summed E-state index contributed by atoms with van der Waals surface area (Å²) in [4.78, 5) is 11.7. The van der Waals surface area contributed by atoms with Crippen LogP contribution in [0.3, 0.4) is 0 Å². The molecule has 0 aliphatic carbocycles. The highest BCUT2D eigenvalue weighted by molar-refractivity contribution is 7.93. The first-order chi connectivity index (χ1) is 15.0. The van der Waals surface area contributed by atoms with E-state index in [1.54, 1.807) is 47.9 Å². The highest BCUT2D eigenvalue weighted by Crippen LogP contribution is 2.33. The normalized spacial score (nSPS) is 18.8. The average Bonchev–Trinajstić information content (AvgIpc) is 3.44. The minimum Gasteiger partial charge on any atom is -0.377 e. The van der Waals surface area contributed by atoms with E-state index in [0.29, 0.717) is 47.2 Å². The van der Waals surface area contributed by atoms with E-state index in [2.05, 4.69) is 36.5 Å².